The Bertz CT molecular complexity index is 1500. The number of hydrogen-bond acceptors (Lipinski definition) is 6. The van der Waals surface area contributed by atoms with E-state index in [-0.39, 0.29) is 40.5 Å². The van der Waals surface area contributed by atoms with Crippen molar-refractivity contribution < 1.29 is 23.9 Å². The summed E-state index contributed by atoms with van der Waals surface area (Å²) < 4.78 is 6.86. The van der Waals surface area contributed by atoms with Gasteiger partial charge in [-0.05, 0) is 25.1 Å². The van der Waals surface area contributed by atoms with Crippen molar-refractivity contribution in [2.75, 3.05) is 11.9 Å². The number of amides is 1. The Labute approximate surface area is 194 Å². The number of ketones is 2. The second-order valence-corrected chi connectivity index (χ2v) is 7.87. The van der Waals surface area contributed by atoms with Crippen LogP contribution in [0.15, 0.2) is 66.7 Å². The molecule has 1 heterocycles. The van der Waals surface area contributed by atoms with Crippen LogP contribution in [0.5, 0.6) is 0 Å². The van der Waals surface area contributed by atoms with Gasteiger partial charge in [-0.3, -0.25) is 19.2 Å². The van der Waals surface area contributed by atoms with E-state index >= 15 is 0 Å². The highest BCUT2D eigenvalue weighted by molar-refractivity contribution is 6.30. The molecule has 1 N–H and O–H groups in total. The van der Waals surface area contributed by atoms with Gasteiger partial charge in [0.25, 0.3) is 5.91 Å². The van der Waals surface area contributed by atoms with Crippen molar-refractivity contribution in [2.24, 2.45) is 0 Å². The SMILES string of the molecule is Cc1nc2ccccc2n1CC(=O)OCC(=O)Nc1cccc2c1C(=O)c1ccccc1C2=O. The zero-order valence-electron chi connectivity index (χ0n) is 18.2. The molecule has 168 valence electrons. The van der Waals surface area contributed by atoms with Crippen LogP contribution in [-0.2, 0) is 20.9 Å². The van der Waals surface area contributed by atoms with Gasteiger partial charge >= 0.3 is 5.97 Å². The van der Waals surface area contributed by atoms with E-state index in [1.54, 1.807) is 54.0 Å². The van der Waals surface area contributed by atoms with Gasteiger partial charge in [-0.15, -0.1) is 0 Å². The summed E-state index contributed by atoms with van der Waals surface area (Å²) in [5, 5.41) is 2.60. The maximum atomic E-state index is 13.0. The second kappa shape index (κ2) is 8.40. The molecule has 0 fully saturated rings. The van der Waals surface area contributed by atoms with Crippen LogP contribution in [0.4, 0.5) is 5.69 Å². The maximum absolute atomic E-state index is 13.0. The first-order valence-corrected chi connectivity index (χ1v) is 10.6. The Morgan fingerprint density at radius 3 is 2.35 bits per heavy atom. The molecule has 4 aromatic rings. The molecule has 1 aromatic heterocycles. The van der Waals surface area contributed by atoms with Crippen molar-refractivity contribution in [3.05, 3.63) is 94.8 Å². The Morgan fingerprint density at radius 2 is 1.56 bits per heavy atom. The molecule has 1 aliphatic carbocycles. The number of rotatable bonds is 5. The lowest BCUT2D eigenvalue weighted by molar-refractivity contribution is -0.147. The van der Waals surface area contributed by atoms with Crippen LogP contribution < -0.4 is 5.32 Å². The summed E-state index contributed by atoms with van der Waals surface area (Å²) in [4.78, 5) is 55.2. The number of carbonyl (C=O) groups is 4. The number of hydrogen-bond donors (Lipinski definition) is 1. The molecule has 1 amide bonds. The van der Waals surface area contributed by atoms with Crippen LogP contribution in [0.1, 0.15) is 37.7 Å². The molecule has 0 saturated carbocycles. The number of anilines is 1. The first-order chi connectivity index (χ1) is 16.4. The summed E-state index contributed by atoms with van der Waals surface area (Å²) in [6.07, 6.45) is 0. The Balaban J connectivity index is 1.29. The lowest BCUT2D eigenvalue weighted by Gasteiger charge is -2.20. The minimum atomic E-state index is -0.618. The third-order valence-corrected chi connectivity index (χ3v) is 5.72. The molecule has 5 rings (SSSR count). The molecule has 3 aromatic carbocycles. The smallest absolute Gasteiger partial charge is 0.326 e. The summed E-state index contributed by atoms with van der Waals surface area (Å²) in [6.45, 7) is 1.16. The van der Waals surface area contributed by atoms with Gasteiger partial charge in [0.1, 0.15) is 12.4 Å². The summed E-state index contributed by atoms with van der Waals surface area (Å²) >= 11 is 0. The number of fused-ring (bicyclic) bond motifs is 3. The van der Waals surface area contributed by atoms with E-state index in [2.05, 4.69) is 10.3 Å². The summed E-state index contributed by atoms with van der Waals surface area (Å²) in [5.74, 6) is -1.19. The fourth-order valence-electron chi connectivity index (χ4n) is 4.15. The van der Waals surface area contributed by atoms with Crippen molar-refractivity contribution >= 4 is 40.2 Å². The van der Waals surface area contributed by atoms with Crippen molar-refractivity contribution in [1.82, 2.24) is 9.55 Å². The average molecular weight is 453 g/mol. The zero-order valence-corrected chi connectivity index (χ0v) is 18.2. The van der Waals surface area contributed by atoms with Gasteiger partial charge in [0.05, 0.1) is 22.3 Å². The molecule has 0 aliphatic heterocycles. The number of para-hydroxylation sites is 2. The molecule has 0 spiro atoms. The summed E-state index contributed by atoms with van der Waals surface area (Å²) in [7, 11) is 0. The van der Waals surface area contributed by atoms with Gasteiger partial charge < -0.3 is 14.6 Å². The monoisotopic (exact) mass is 453 g/mol. The van der Waals surface area contributed by atoms with Gasteiger partial charge in [0.2, 0.25) is 0 Å². The lowest BCUT2D eigenvalue weighted by Crippen LogP contribution is -2.26. The number of benzene rings is 3. The van der Waals surface area contributed by atoms with E-state index in [9.17, 15) is 19.2 Å². The van der Waals surface area contributed by atoms with Crippen molar-refractivity contribution in [3.63, 3.8) is 0 Å². The molecular weight excluding hydrogens is 434 g/mol. The number of carbonyl (C=O) groups excluding carboxylic acids is 4. The number of aromatic nitrogens is 2. The Hall–Kier alpha value is -4.59. The van der Waals surface area contributed by atoms with Crippen LogP contribution >= 0.6 is 0 Å². The summed E-state index contributed by atoms with van der Waals surface area (Å²) in [5.41, 5.74) is 2.73. The third-order valence-electron chi connectivity index (χ3n) is 5.72. The van der Waals surface area contributed by atoms with Crippen LogP contribution in [0.2, 0.25) is 0 Å². The standard InChI is InChI=1S/C26H19N3O5/c1-15-27-19-10-4-5-12-21(19)29(15)13-23(31)34-14-22(30)28-20-11-6-9-18-24(20)26(33)17-8-3-2-7-16(17)25(18)32/h2-12H,13-14H2,1H3,(H,28,30). The number of ether oxygens (including phenoxy) is 1. The van der Waals surface area contributed by atoms with E-state index in [1.165, 1.54) is 0 Å². The topological polar surface area (TPSA) is 107 Å². The Kier molecular flexibility index (Phi) is 5.25. The highest BCUT2D eigenvalue weighted by Gasteiger charge is 2.31. The average Bonchev–Trinajstić information content (AvgIpc) is 3.16. The van der Waals surface area contributed by atoms with Crippen molar-refractivity contribution in [2.45, 2.75) is 13.5 Å². The number of nitrogens with one attached hydrogen (secondary N) is 1. The minimum Gasteiger partial charge on any atom is -0.454 e. The highest BCUT2D eigenvalue weighted by Crippen LogP contribution is 2.31. The normalized spacial score (nSPS) is 12.3. The van der Waals surface area contributed by atoms with Crippen molar-refractivity contribution in [3.8, 4) is 0 Å². The molecule has 1 aliphatic rings. The second-order valence-electron chi connectivity index (χ2n) is 7.87. The van der Waals surface area contributed by atoms with E-state index in [4.69, 9.17) is 4.74 Å². The van der Waals surface area contributed by atoms with Crippen molar-refractivity contribution in [1.29, 1.82) is 0 Å². The van der Waals surface area contributed by atoms with Gasteiger partial charge in [0.15, 0.2) is 18.2 Å². The fourth-order valence-corrected chi connectivity index (χ4v) is 4.15. The molecule has 0 atom stereocenters. The molecular formula is C26H19N3O5. The predicted octanol–water partition coefficient (Wildman–Crippen LogP) is 3.30. The van der Waals surface area contributed by atoms with Crippen LogP contribution in [0, 0.1) is 6.92 Å². The van der Waals surface area contributed by atoms with Gasteiger partial charge in [-0.2, -0.15) is 0 Å². The molecule has 8 heteroatoms. The van der Waals surface area contributed by atoms with Gasteiger partial charge in [0, 0.05) is 16.7 Å². The van der Waals surface area contributed by atoms with E-state index in [1.807, 2.05) is 24.3 Å². The highest BCUT2D eigenvalue weighted by atomic mass is 16.5. The number of imidazole rings is 1. The largest absolute Gasteiger partial charge is 0.454 e. The molecule has 34 heavy (non-hydrogen) atoms. The first-order valence-electron chi connectivity index (χ1n) is 10.6. The van der Waals surface area contributed by atoms with Gasteiger partial charge in [-0.1, -0.05) is 48.5 Å². The molecule has 8 nitrogen and oxygen atoms in total. The molecule has 0 bridgehead atoms. The van der Waals surface area contributed by atoms with E-state index in [0.29, 0.717) is 11.4 Å². The fraction of sp³-hybridized carbons (Fsp3) is 0.115. The predicted molar refractivity (Wildman–Crippen MR) is 124 cm³/mol. The van der Waals surface area contributed by atoms with Crippen LogP contribution in [-0.4, -0.2) is 39.6 Å². The number of esters is 1. The minimum absolute atomic E-state index is 0.0931. The maximum Gasteiger partial charge on any atom is 0.326 e. The molecule has 0 unspecified atom stereocenters. The number of aryl methyl sites for hydroxylation is 1. The van der Waals surface area contributed by atoms with E-state index < -0.39 is 18.5 Å². The summed E-state index contributed by atoms with van der Waals surface area (Å²) in [6, 6.07) is 18.7. The van der Waals surface area contributed by atoms with E-state index in [0.717, 1.165) is 11.0 Å². The van der Waals surface area contributed by atoms with Gasteiger partial charge in [-0.25, -0.2) is 4.98 Å². The lowest BCUT2D eigenvalue weighted by atomic mass is 9.83. The first kappa shape index (κ1) is 21.3. The quantitative estimate of drug-likeness (QED) is 0.409. The Morgan fingerprint density at radius 1 is 0.882 bits per heavy atom. The van der Waals surface area contributed by atoms with Crippen LogP contribution in [0.25, 0.3) is 11.0 Å². The van der Waals surface area contributed by atoms with Crippen LogP contribution in [0.3, 0.4) is 0 Å². The molecule has 0 saturated heterocycles. The molecule has 0 radical (unpaired) electrons. The third kappa shape index (κ3) is 3.65. The zero-order chi connectivity index (χ0) is 23.8. The number of nitrogens with zero attached hydrogens (tertiary/aromatic N) is 2.